The third-order valence-electron chi connectivity index (χ3n) is 3.99. The largest absolute Gasteiger partial charge is 0.351 e. The van der Waals surface area contributed by atoms with Crippen LogP contribution in [0.1, 0.15) is 60.8 Å². The van der Waals surface area contributed by atoms with E-state index in [4.69, 9.17) is 0 Å². The Hall–Kier alpha value is -0.530. The SMILES string of the molecule is CC(C)C(C)(C)NC(=O)C(C)(C)CC1CC1. The molecule has 1 aliphatic carbocycles. The van der Waals surface area contributed by atoms with Crippen LogP contribution in [0.3, 0.4) is 0 Å². The highest BCUT2D eigenvalue weighted by atomic mass is 16.2. The number of rotatable bonds is 5. The van der Waals surface area contributed by atoms with Crippen molar-refractivity contribution in [2.45, 2.75) is 66.3 Å². The second-order valence-corrected chi connectivity index (χ2v) is 6.86. The number of carbonyl (C=O) groups excluding carboxylic acids is 1. The van der Waals surface area contributed by atoms with Gasteiger partial charge in [-0.05, 0) is 32.1 Å². The van der Waals surface area contributed by atoms with Gasteiger partial charge in [-0.1, -0.05) is 40.5 Å². The molecule has 1 N–H and O–H groups in total. The summed E-state index contributed by atoms with van der Waals surface area (Å²) in [6.45, 7) is 12.6. The Morgan fingerprint density at radius 3 is 2.12 bits per heavy atom. The van der Waals surface area contributed by atoms with E-state index in [0.717, 1.165) is 12.3 Å². The van der Waals surface area contributed by atoms with Crippen LogP contribution in [0, 0.1) is 17.3 Å². The van der Waals surface area contributed by atoms with Crippen LogP contribution in [0.25, 0.3) is 0 Å². The van der Waals surface area contributed by atoms with Crippen molar-refractivity contribution in [3.05, 3.63) is 0 Å². The van der Waals surface area contributed by atoms with Gasteiger partial charge in [0, 0.05) is 11.0 Å². The Balaban J connectivity index is 2.55. The van der Waals surface area contributed by atoms with E-state index in [1.54, 1.807) is 0 Å². The zero-order chi connectivity index (χ0) is 12.6. The molecule has 1 aliphatic rings. The third kappa shape index (κ3) is 3.50. The molecule has 0 bridgehead atoms. The molecule has 1 amide bonds. The fraction of sp³-hybridized carbons (Fsp3) is 0.929. The van der Waals surface area contributed by atoms with Crippen LogP contribution in [-0.2, 0) is 4.79 Å². The molecular weight excluding hydrogens is 198 g/mol. The summed E-state index contributed by atoms with van der Waals surface area (Å²) < 4.78 is 0. The first kappa shape index (κ1) is 13.5. The monoisotopic (exact) mass is 225 g/mol. The molecule has 1 saturated carbocycles. The van der Waals surface area contributed by atoms with Crippen LogP contribution in [-0.4, -0.2) is 11.4 Å². The fourth-order valence-corrected chi connectivity index (χ4v) is 1.74. The van der Waals surface area contributed by atoms with E-state index in [9.17, 15) is 4.79 Å². The molecule has 2 nitrogen and oxygen atoms in total. The van der Waals surface area contributed by atoms with E-state index in [2.05, 4.69) is 46.9 Å². The highest BCUT2D eigenvalue weighted by Crippen LogP contribution is 2.40. The van der Waals surface area contributed by atoms with Crippen molar-refractivity contribution in [1.29, 1.82) is 0 Å². The number of carbonyl (C=O) groups is 1. The summed E-state index contributed by atoms with van der Waals surface area (Å²) in [5.41, 5.74) is -0.328. The van der Waals surface area contributed by atoms with E-state index in [1.165, 1.54) is 12.8 Å². The normalized spacial score (nSPS) is 17.7. The minimum Gasteiger partial charge on any atom is -0.351 e. The van der Waals surface area contributed by atoms with Crippen molar-refractivity contribution in [3.8, 4) is 0 Å². The van der Waals surface area contributed by atoms with Crippen molar-refractivity contribution in [1.82, 2.24) is 5.32 Å². The summed E-state index contributed by atoms with van der Waals surface area (Å²) in [7, 11) is 0. The lowest BCUT2D eigenvalue weighted by Crippen LogP contribution is -2.51. The van der Waals surface area contributed by atoms with Gasteiger partial charge < -0.3 is 5.32 Å². The van der Waals surface area contributed by atoms with Crippen LogP contribution in [0.2, 0.25) is 0 Å². The van der Waals surface area contributed by atoms with Gasteiger partial charge >= 0.3 is 0 Å². The maximum Gasteiger partial charge on any atom is 0.226 e. The molecular formula is C14H27NO. The summed E-state index contributed by atoms with van der Waals surface area (Å²) in [6.07, 6.45) is 3.65. The average Bonchev–Trinajstić information content (AvgIpc) is 2.86. The van der Waals surface area contributed by atoms with Gasteiger partial charge in [0.25, 0.3) is 0 Å². The second-order valence-electron chi connectivity index (χ2n) is 6.86. The molecule has 16 heavy (non-hydrogen) atoms. The van der Waals surface area contributed by atoms with Crippen molar-refractivity contribution in [3.63, 3.8) is 0 Å². The Kier molecular flexibility index (Phi) is 3.71. The van der Waals surface area contributed by atoms with Crippen LogP contribution >= 0.6 is 0 Å². The van der Waals surface area contributed by atoms with Gasteiger partial charge in [0.05, 0.1) is 0 Å². The van der Waals surface area contributed by atoms with E-state index in [-0.39, 0.29) is 16.9 Å². The van der Waals surface area contributed by atoms with Crippen LogP contribution in [0.15, 0.2) is 0 Å². The van der Waals surface area contributed by atoms with Crippen molar-refractivity contribution in [2.75, 3.05) is 0 Å². The minimum absolute atomic E-state index is 0.113. The molecule has 0 aromatic carbocycles. The Labute approximate surface area is 100 Å². The van der Waals surface area contributed by atoms with E-state index < -0.39 is 0 Å². The molecule has 0 saturated heterocycles. The van der Waals surface area contributed by atoms with Gasteiger partial charge in [0.15, 0.2) is 0 Å². The molecule has 0 atom stereocenters. The maximum atomic E-state index is 12.2. The van der Waals surface area contributed by atoms with Crippen molar-refractivity contribution < 1.29 is 4.79 Å². The lowest BCUT2D eigenvalue weighted by molar-refractivity contribution is -0.132. The lowest BCUT2D eigenvalue weighted by atomic mass is 9.83. The molecule has 0 heterocycles. The molecule has 94 valence electrons. The van der Waals surface area contributed by atoms with Gasteiger partial charge in [-0.3, -0.25) is 4.79 Å². The molecule has 0 radical (unpaired) electrons. The summed E-state index contributed by atoms with van der Waals surface area (Å²) in [6, 6.07) is 0. The van der Waals surface area contributed by atoms with Gasteiger partial charge in [0.1, 0.15) is 0 Å². The number of hydrogen-bond acceptors (Lipinski definition) is 1. The zero-order valence-electron chi connectivity index (χ0n) is 11.7. The standard InChI is InChI=1S/C14H27NO/c1-10(2)14(5,6)15-12(16)13(3,4)9-11-7-8-11/h10-11H,7-9H2,1-6H3,(H,15,16). The molecule has 2 heteroatoms. The number of nitrogens with one attached hydrogen (secondary N) is 1. The predicted molar refractivity (Wildman–Crippen MR) is 68.2 cm³/mol. The molecule has 0 unspecified atom stereocenters. The zero-order valence-corrected chi connectivity index (χ0v) is 11.7. The van der Waals surface area contributed by atoms with E-state index >= 15 is 0 Å². The summed E-state index contributed by atoms with van der Waals surface area (Å²) in [5, 5.41) is 3.19. The Morgan fingerprint density at radius 1 is 1.25 bits per heavy atom. The topological polar surface area (TPSA) is 29.1 Å². The summed E-state index contributed by atoms with van der Waals surface area (Å²) >= 11 is 0. The molecule has 1 fully saturated rings. The second kappa shape index (κ2) is 4.38. The van der Waals surface area contributed by atoms with Gasteiger partial charge in [-0.2, -0.15) is 0 Å². The predicted octanol–water partition coefficient (Wildman–Crippen LogP) is 3.36. The van der Waals surface area contributed by atoms with Gasteiger partial charge in [-0.15, -0.1) is 0 Å². The van der Waals surface area contributed by atoms with Crippen molar-refractivity contribution in [2.24, 2.45) is 17.3 Å². The number of hydrogen-bond donors (Lipinski definition) is 1. The molecule has 0 spiro atoms. The third-order valence-corrected chi connectivity index (χ3v) is 3.99. The molecule has 0 aromatic heterocycles. The highest BCUT2D eigenvalue weighted by molar-refractivity contribution is 5.82. The Bertz CT molecular complexity index is 262. The maximum absolute atomic E-state index is 12.2. The summed E-state index contributed by atoms with van der Waals surface area (Å²) in [4.78, 5) is 12.2. The fourth-order valence-electron chi connectivity index (χ4n) is 1.74. The molecule has 0 aliphatic heterocycles. The lowest BCUT2D eigenvalue weighted by Gasteiger charge is -2.35. The van der Waals surface area contributed by atoms with Crippen LogP contribution in [0.5, 0.6) is 0 Å². The number of amides is 1. The van der Waals surface area contributed by atoms with Crippen molar-refractivity contribution >= 4 is 5.91 Å². The first-order valence-corrected chi connectivity index (χ1v) is 6.48. The Morgan fingerprint density at radius 2 is 1.75 bits per heavy atom. The quantitative estimate of drug-likeness (QED) is 0.763. The van der Waals surface area contributed by atoms with Crippen LogP contribution < -0.4 is 5.32 Å². The molecule has 0 aromatic rings. The summed E-state index contributed by atoms with van der Waals surface area (Å²) in [5.74, 6) is 1.45. The van der Waals surface area contributed by atoms with Crippen LogP contribution in [0.4, 0.5) is 0 Å². The molecule has 1 rings (SSSR count). The first-order valence-electron chi connectivity index (χ1n) is 6.48. The highest BCUT2D eigenvalue weighted by Gasteiger charge is 2.37. The van der Waals surface area contributed by atoms with E-state index in [0.29, 0.717) is 5.92 Å². The van der Waals surface area contributed by atoms with Gasteiger partial charge in [-0.25, -0.2) is 0 Å². The smallest absolute Gasteiger partial charge is 0.226 e. The average molecular weight is 225 g/mol. The first-order chi connectivity index (χ1) is 7.15. The minimum atomic E-state index is -0.215. The van der Waals surface area contributed by atoms with Gasteiger partial charge in [0.2, 0.25) is 5.91 Å². The van der Waals surface area contributed by atoms with E-state index in [1.807, 2.05) is 0 Å².